The first kappa shape index (κ1) is 16.6. The number of esters is 1. The van der Waals surface area contributed by atoms with Gasteiger partial charge in [-0.25, -0.2) is 0 Å². The van der Waals surface area contributed by atoms with E-state index in [2.05, 4.69) is 23.8 Å². The summed E-state index contributed by atoms with van der Waals surface area (Å²) < 4.78 is 7.46. The van der Waals surface area contributed by atoms with Crippen LogP contribution in [0.4, 0.5) is 0 Å². The predicted octanol–water partition coefficient (Wildman–Crippen LogP) is 2.90. The summed E-state index contributed by atoms with van der Waals surface area (Å²) >= 11 is 0. The van der Waals surface area contributed by atoms with E-state index in [1.807, 2.05) is 31.7 Å². The molecule has 22 heavy (non-hydrogen) atoms. The van der Waals surface area contributed by atoms with E-state index >= 15 is 0 Å². The van der Waals surface area contributed by atoms with Crippen molar-refractivity contribution in [2.24, 2.45) is 0 Å². The molecule has 0 radical (unpaired) electrons. The zero-order valence-corrected chi connectivity index (χ0v) is 14.0. The van der Waals surface area contributed by atoms with Gasteiger partial charge in [0.1, 0.15) is 5.60 Å². The Hall–Kier alpha value is -1.78. The maximum atomic E-state index is 12.5. The largest absolute Gasteiger partial charge is 0.460 e. The average molecular weight is 306 g/mol. The highest BCUT2D eigenvalue weighted by Gasteiger charge is 2.29. The van der Waals surface area contributed by atoms with Crippen LogP contribution in [0.25, 0.3) is 0 Å². The third kappa shape index (κ3) is 3.90. The highest BCUT2D eigenvalue weighted by molar-refractivity contribution is 5.82. The van der Waals surface area contributed by atoms with Gasteiger partial charge in [0.2, 0.25) is 5.91 Å². The van der Waals surface area contributed by atoms with Crippen molar-refractivity contribution in [2.45, 2.75) is 65.1 Å². The van der Waals surface area contributed by atoms with Crippen LogP contribution < -0.4 is 0 Å². The quantitative estimate of drug-likeness (QED) is 0.804. The molecule has 0 fully saturated rings. The Morgan fingerprint density at radius 2 is 2.00 bits per heavy atom. The van der Waals surface area contributed by atoms with Crippen molar-refractivity contribution in [3.63, 3.8) is 0 Å². The van der Waals surface area contributed by atoms with Crippen LogP contribution in [0.2, 0.25) is 0 Å². The lowest BCUT2D eigenvalue weighted by Crippen LogP contribution is -2.41. The lowest BCUT2D eigenvalue weighted by molar-refractivity contribution is -0.156. The standard InChI is InChI=1S/C17H26N2O3/c1-5-13-14-7-6-10-18(14)11-12-19(13)15(20)8-9-16(21)22-17(2,3)4/h6-7,10,13H,5,8-9,11-12H2,1-4H3. The lowest BCUT2D eigenvalue weighted by atomic mass is 10.1. The SMILES string of the molecule is CCC1c2cccn2CCN1C(=O)CCC(=O)OC(C)(C)C. The smallest absolute Gasteiger partial charge is 0.306 e. The summed E-state index contributed by atoms with van der Waals surface area (Å²) in [5, 5.41) is 0. The Morgan fingerprint density at radius 3 is 2.64 bits per heavy atom. The lowest BCUT2D eigenvalue weighted by Gasteiger charge is -2.36. The van der Waals surface area contributed by atoms with Crippen LogP contribution in [-0.4, -0.2) is 33.5 Å². The van der Waals surface area contributed by atoms with Gasteiger partial charge in [0.15, 0.2) is 0 Å². The second kappa shape index (κ2) is 6.55. The zero-order chi connectivity index (χ0) is 16.3. The number of nitrogens with zero attached hydrogens (tertiary/aromatic N) is 2. The van der Waals surface area contributed by atoms with E-state index in [1.54, 1.807) is 0 Å². The van der Waals surface area contributed by atoms with Gasteiger partial charge in [-0.2, -0.15) is 0 Å². The summed E-state index contributed by atoms with van der Waals surface area (Å²) in [6.07, 6.45) is 3.29. The highest BCUT2D eigenvalue weighted by Crippen LogP contribution is 2.29. The molecule has 5 nitrogen and oxygen atoms in total. The summed E-state index contributed by atoms with van der Waals surface area (Å²) in [4.78, 5) is 26.1. The molecule has 0 spiro atoms. The molecule has 5 heteroatoms. The van der Waals surface area contributed by atoms with Crippen molar-refractivity contribution in [2.75, 3.05) is 6.54 Å². The Balaban J connectivity index is 1.94. The fourth-order valence-electron chi connectivity index (χ4n) is 2.94. The molecule has 1 aromatic rings. The van der Waals surface area contributed by atoms with Crippen LogP contribution >= 0.6 is 0 Å². The van der Waals surface area contributed by atoms with Crippen molar-refractivity contribution in [1.82, 2.24) is 9.47 Å². The molecule has 0 bridgehead atoms. The summed E-state index contributed by atoms with van der Waals surface area (Å²) in [5.41, 5.74) is 0.678. The predicted molar refractivity (Wildman–Crippen MR) is 84.3 cm³/mol. The van der Waals surface area contributed by atoms with E-state index in [1.165, 1.54) is 5.69 Å². The van der Waals surface area contributed by atoms with E-state index in [4.69, 9.17) is 4.74 Å². The Morgan fingerprint density at radius 1 is 1.27 bits per heavy atom. The minimum atomic E-state index is -0.502. The number of aromatic nitrogens is 1. The topological polar surface area (TPSA) is 51.5 Å². The maximum Gasteiger partial charge on any atom is 0.306 e. The summed E-state index contributed by atoms with van der Waals surface area (Å²) in [6.45, 7) is 9.10. The normalized spacial score (nSPS) is 18.0. The molecule has 0 aliphatic carbocycles. The number of ether oxygens (including phenoxy) is 1. The second-order valence-electron chi connectivity index (χ2n) is 6.72. The molecule has 0 saturated carbocycles. The first-order valence-corrected chi connectivity index (χ1v) is 7.98. The van der Waals surface area contributed by atoms with Crippen LogP contribution in [0.1, 0.15) is 58.7 Å². The van der Waals surface area contributed by atoms with E-state index in [-0.39, 0.29) is 30.8 Å². The minimum absolute atomic E-state index is 0.0326. The number of hydrogen-bond acceptors (Lipinski definition) is 3. The van der Waals surface area contributed by atoms with Crippen molar-refractivity contribution < 1.29 is 14.3 Å². The van der Waals surface area contributed by atoms with E-state index in [0.717, 1.165) is 13.0 Å². The number of fused-ring (bicyclic) bond motifs is 1. The first-order chi connectivity index (χ1) is 10.3. The Bertz CT molecular complexity index is 542. The number of carbonyl (C=O) groups excluding carboxylic acids is 2. The number of rotatable bonds is 4. The molecular formula is C17H26N2O3. The first-order valence-electron chi connectivity index (χ1n) is 7.98. The van der Waals surface area contributed by atoms with Gasteiger partial charge < -0.3 is 14.2 Å². The average Bonchev–Trinajstić information content (AvgIpc) is 2.90. The molecule has 1 aliphatic rings. The molecule has 1 amide bonds. The maximum absolute atomic E-state index is 12.5. The molecular weight excluding hydrogens is 280 g/mol. The molecule has 1 aliphatic heterocycles. The van der Waals surface area contributed by atoms with E-state index in [0.29, 0.717) is 6.54 Å². The number of amides is 1. The van der Waals surface area contributed by atoms with Gasteiger partial charge in [-0.1, -0.05) is 6.92 Å². The van der Waals surface area contributed by atoms with E-state index in [9.17, 15) is 9.59 Å². The number of hydrogen-bond donors (Lipinski definition) is 0. The zero-order valence-electron chi connectivity index (χ0n) is 14.0. The van der Waals surface area contributed by atoms with Gasteiger partial charge >= 0.3 is 5.97 Å². The van der Waals surface area contributed by atoms with Gasteiger partial charge in [-0.05, 0) is 39.3 Å². The van der Waals surface area contributed by atoms with Gasteiger partial charge in [0.25, 0.3) is 0 Å². The molecule has 1 atom stereocenters. The van der Waals surface area contributed by atoms with Gasteiger partial charge in [0, 0.05) is 31.4 Å². The fourth-order valence-corrected chi connectivity index (χ4v) is 2.94. The van der Waals surface area contributed by atoms with Crippen molar-refractivity contribution in [3.8, 4) is 0 Å². The monoisotopic (exact) mass is 306 g/mol. The number of carbonyl (C=O) groups is 2. The molecule has 0 aromatic carbocycles. The summed E-state index contributed by atoms with van der Waals surface area (Å²) in [5.74, 6) is -0.278. The van der Waals surface area contributed by atoms with Crippen molar-refractivity contribution in [1.29, 1.82) is 0 Å². The molecule has 122 valence electrons. The van der Waals surface area contributed by atoms with Crippen molar-refractivity contribution >= 4 is 11.9 Å². The Labute approximate surface area is 132 Å². The van der Waals surface area contributed by atoms with Crippen LogP contribution in [0.3, 0.4) is 0 Å². The molecule has 0 saturated heterocycles. The van der Waals surface area contributed by atoms with Crippen LogP contribution in [0.15, 0.2) is 18.3 Å². The Kier molecular flexibility index (Phi) is 4.94. The molecule has 2 heterocycles. The third-order valence-corrected chi connectivity index (χ3v) is 3.83. The fraction of sp³-hybridized carbons (Fsp3) is 0.647. The summed E-state index contributed by atoms with van der Waals surface area (Å²) in [6, 6.07) is 4.20. The highest BCUT2D eigenvalue weighted by atomic mass is 16.6. The second-order valence-corrected chi connectivity index (χ2v) is 6.72. The van der Waals surface area contributed by atoms with Crippen LogP contribution in [0, 0.1) is 0 Å². The van der Waals surface area contributed by atoms with E-state index < -0.39 is 5.60 Å². The summed E-state index contributed by atoms with van der Waals surface area (Å²) in [7, 11) is 0. The van der Waals surface area contributed by atoms with Crippen molar-refractivity contribution in [3.05, 3.63) is 24.0 Å². The molecule has 1 unspecified atom stereocenters. The van der Waals surface area contributed by atoms with Gasteiger partial charge in [-0.15, -0.1) is 0 Å². The minimum Gasteiger partial charge on any atom is -0.460 e. The third-order valence-electron chi connectivity index (χ3n) is 3.83. The van der Waals surface area contributed by atoms with Crippen LogP contribution in [-0.2, 0) is 20.9 Å². The molecule has 0 N–H and O–H groups in total. The van der Waals surface area contributed by atoms with Gasteiger partial charge in [-0.3, -0.25) is 9.59 Å². The van der Waals surface area contributed by atoms with Gasteiger partial charge in [0.05, 0.1) is 12.5 Å². The molecule has 2 rings (SSSR count). The molecule has 1 aromatic heterocycles. The van der Waals surface area contributed by atoms with Crippen LogP contribution in [0.5, 0.6) is 0 Å².